The summed E-state index contributed by atoms with van der Waals surface area (Å²) >= 11 is 6.04. The van der Waals surface area contributed by atoms with Gasteiger partial charge >= 0.3 is 0 Å². The third-order valence-electron chi connectivity index (χ3n) is 2.01. The number of halogens is 1. The number of aliphatic hydroxyl groups excluding tert-OH is 1. The monoisotopic (exact) mass is 227 g/mol. The standard InChI is InChI=1S/C12H16ClO2/c1-8(2)15-12-5-4-10(6-11(12)13)9(3)7-14/h4-6,8-9,14H,3,7H2,1-2H3. The van der Waals surface area contributed by atoms with Gasteiger partial charge in [-0.3, -0.25) is 0 Å². The first-order valence-electron chi connectivity index (χ1n) is 4.94. The average molecular weight is 228 g/mol. The molecule has 1 aromatic rings. The zero-order valence-electron chi connectivity index (χ0n) is 9.03. The van der Waals surface area contributed by atoms with E-state index >= 15 is 0 Å². The molecule has 1 N–H and O–H groups in total. The number of rotatable bonds is 4. The normalized spacial score (nSPS) is 12.9. The molecular weight excluding hydrogens is 212 g/mol. The van der Waals surface area contributed by atoms with E-state index in [2.05, 4.69) is 6.92 Å². The van der Waals surface area contributed by atoms with E-state index in [1.165, 1.54) is 0 Å². The Morgan fingerprint density at radius 2 is 2.13 bits per heavy atom. The lowest BCUT2D eigenvalue weighted by atomic mass is 10.0. The van der Waals surface area contributed by atoms with Gasteiger partial charge in [0.15, 0.2) is 0 Å². The predicted molar refractivity (Wildman–Crippen MR) is 62.4 cm³/mol. The Morgan fingerprint density at radius 1 is 1.47 bits per heavy atom. The molecule has 1 rings (SSSR count). The van der Waals surface area contributed by atoms with E-state index < -0.39 is 0 Å². The van der Waals surface area contributed by atoms with Crippen molar-refractivity contribution in [3.63, 3.8) is 0 Å². The van der Waals surface area contributed by atoms with Gasteiger partial charge in [0.25, 0.3) is 0 Å². The largest absolute Gasteiger partial charge is 0.489 e. The van der Waals surface area contributed by atoms with Gasteiger partial charge in [-0.05, 0) is 38.5 Å². The Hall–Kier alpha value is -0.730. The van der Waals surface area contributed by atoms with Crippen molar-refractivity contribution in [2.75, 3.05) is 6.61 Å². The van der Waals surface area contributed by atoms with Crippen LogP contribution < -0.4 is 4.74 Å². The molecule has 1 unspecified atom stereocenters. The van der Waals surface area contributed by atoms with Gasteiger partial charge in [0.05, 0.1) is 11.1 Å². The number of ether oxygens (including phenoxy) is 1. The summed E-state index contributed by atoms with van der Waals surface area (Å²) in [6.45, 7) is 7.72. The fourth-order valence-electron chi connectivity index (χ4n) is 1.23. The minimum atomic E-state index is -0.143. The van der Waals surface area contributed by atoms with Gasteiger partial charge in [-0.1, -0.05) is 17.7 Å². The molecule has 0 aliphatic rings. The molecule has 1 atom stereocenters. The molecule has 0 aliphatic carbocycles. The van der Waals surface area contributed by atoms with E-state index in [0.717, 1.165) is 5.56 Å². The first kappa shape index (κ1) is 12.3. The average Bonchev–Trinajstić information content (AvgIpc) is 2.19. The highest BCUT2D eigenvalue weighted by Gasteiger charge is 2.08. The van der Waals surface area contributed by atoms with Crippen LogP contribution >= 0.6 is 11.6 Å². The highest BCUT2D eigenvalue weighted by atomic mass is 35.5. The number of hydrogen-bond acceptors (Lipinski definition) is 2. The van der Waals surface area contributed by atoms with E-state index in [4.69, 9.17) is 21.4 Å². The maximum Gasteiger partial charge on any atom is 0.138 e. The van der Waals surface area contributed by atoms with E-state index in [1.807, 2.05) is 26.0 Å². The third-order valence-corrected chi connectivity index (χ3v) is 2.31. The molecule has 0 bridgehead atoms. The molecule has 15 heavy (non-hydrogen) atoms. The van der Waals surface area contributed by atoms with Crippen LogP contribution in [0.1, 0.15) is 25.3 Å². The van der Waals surface area contributed by atoms with Gasteiger partial charge in [-0.2, -0.15) is 0 Å². The van der Waals surface area contributed by atoms with Crippen LogP contribution in [0, 0.1) is 6.92 Å². The van der Waals surface area contributed by atoms with Crippen LogP contribution in [-0.4, -0.2) is 17.8 Å². The maximum atomic E-state index is 8.96. The van der Waals surface area contributed by atoms with Crippen molar-refractivity contribution in [1.82, 2.24) is 0 Å². The molecule has 3 heteroatoms. The van der Waals surface area contributed by atoms with E-state index in [1.54, 1.807) is 6.07 Å². The molecule has 0 aromatic heterocycles. The topological polar surface area (TPSA) is 29.5 Å². The Labute approximate surface area is 95.8 Å². The minimum absolute atomic E-state index is 0.0146. The first-order valence-corrected chi connectivity index (χ1v) is 5.32. The van der Waals surface area contributed by atoms with Gasteiger partial charge in [0.2, 0.25) is 0 Å². The fraction of sp³-hybridized carbons (Fsp3) is 0.417. The summed E-state index contributed by atoms with van der Waals surface area (Å²) in [5.74, 6) is 0.524. The molecule has 0 amide bonds. The van der Waals surface area contributed by atoms with Crippen LogP contribution in [-0.2, 0) is 0 Å². The molecule has 1 radical (unpaired) electrons. The van der Waals surface area contributed by atoms with Crippen molar-refractivity contribution in [1.29, 1.82) is 0 Å². The number of benzene rings is 1. The second kappa shape index (κ2) is 5.38. The van der Waals surface area contributed by atoms with Crippen molar-refractivity contribution < 1.29 is 9.84 Å². The molecule has 0 heterocycles. The molecule has 1 aromatic carbocycles. The number of hydrogen-bond donors (Lipinski definition) is 1. The van der Waals surface area contributed by atoms with Gasteiger partial charge in [0.1, 0.15) is 5.75 Å². The van der Waals surface area contributed by atoms with Crippen molar-refractivity contribution in [3.8, 4) is 5.75 Å². The molecule has 0 aliphatic heterocycles. The maximum absolute atomic E-state index is 8.96. The Bertz CT molecular complexity index is 323. The predicted octanol–water partition coefficient (Wildman–Crippen LogP) is 3.04. The first-order chi connectivity index (χ1) is 7.04. The SMILES string of the molecule is [CH2]C(CO)c1ccc(OC(C)C)c(Cl)c1. The van der Waals surface area contributed by atoms with Crippen molar-refractivity contribution >= 4 is 11.6 Å². The Kier molecular flexibility index (Phi) is 4.43. The van der Waals surface area contributed by atoms with Gasteiger partial charge in [0, 0.05) is 12.5 Å². The van der Waals surface area contributed by atoms with Crippen molar-refractivity contribution in [2.45, 2.75) is 25.9 Å². The smallest absolute Gasteiger partial charge is 0.138 e. The van der Waals surface area contributed by atoms with Crippen molar-refractivity contribution in [2.24, 2.45) is 0 Å². The second-order valence-corrected chi connectivity index (χ2v) is 4.14. The zero-order chi connectivity index (χ0) is 11.4. The lowest BCUT2D eigenvalue weighted by molar-refractivity contribution is 0.242. The van der Waals surface area contributed by atoms with Crippen LogP contribution in [0.15, 0.2) is 18.2 Å². The van der Waals surface area contributed by atoms with Crippen LogP contribution in [0.25, 0.3) is 0 Å². The quantitative estimate of drug-likeness (QED) is 0.857. The summed E-state index contributed by atoms with van der Waals surface area (Å²) in [6.07, 6.45) is 0.0988. The zero-order valence-corrected chi connectivity index (χ0v) is 9.79. The van der Waals surface area contributed by atoms with Gasteiger partial charge < -0.3 is 9.84 Å². The minimum Gasteiger partial charge on any atom is -0.489 e. The van der Waals surface area contributed by atoms with E-state index in [-0.39, 0.29) is 18.6 Å². The summed E-state index contributed by atoms with van der Waals surface area (Å²) in [6, 6.07) is 5.47. The molecule has 0 saturated carbocycles. The second-order valence-electron chi connectivity index (χ2n) is 3.74. The summed E-state index contributed by atoms with van der Waals surface area (Å²) in [4.78, 5) is 0. The fourth-order valence-corrected chi connectivity index (χ4v) is 1.46. The molecule has 0 spiro atoms. The summed E-state index contributed by atoms with van der Waals surface area (Å²) in [7, 11) is 0. The lowest BCUT2D eigenvalue weighted by Crippen LogP contribution is -2.06. The Balaban J connectivity index is 2.88. The summed E-state index contributed by atoms with van der Waals surface area (Å²) < 4.78 is 5.50. The van der Waals surface area contributed by atoms with E-state index in [9.17, 15) is 0 Å². The molecule has 2 nitrogen and oxygen atoms in total. The van der Waals surface area contributed by atoms with Crippen LogP contribution in [0.4, 0.5) is 0 Å². The summed E-state index contributed by atoms with van der Waals surface area (Å²) in [5.41, 5.74) is 0.915. The highest BCUT2D eigenvalue weighted by Crippen LogP contribution is 2.28. The lowest BCUT2D eigenvalue weighted by Gasteiger charge is -2.14. The molecule has 0 saturated heterocycles. The highest BCUT2D eigenvalue weighted by molar-refractivity contribution is 6.32. The van der Waals surface area contributed by atoms with E-state index in [0.29, 0.717) is 10.8 Å². The summed E-state index contributed by atoms with van der Waals surface area (Å²) in [5, 5.41) is 9.52. The molecule has 83 valence electrons. The van der Waals surface area contributed by atoms with Gasteiger partial charge in [-0.25, -0.2) is 0 Å². The van der Waals surface area contributed by atoms with Crippen LogP contribution in [0.2, 0.25) is 5.02 Å². The third kappa shape index (κ3) is 3.40. The molecule has 0 fully saturated rings. The molecular formula is C12H16ClO2. The van der Waals surface area contributed by atoms with Crippen LogP contribution in [0.3, 0.4) is 0 Å². The number of aliphatic hydroxyl groups is 1. The van der Waals surface area contributed by atoms with Crippen molar-refractivity contribution in [3.05, 3.63) is 35.7 Å². The Morgan fingerprint density at radius 3 is 2.60 bits per heavy atom. The van der Waals surface area contributed by atoms with Crippen LogP contribution in [0.5, 0.6) is 5.75 Å². The van der Waals surface area contributed by atoms with Gasteiger partial charge in [-0.15, -0.1) is 0 Å².